The molecule has 4 heterocycles. The molecule has 0 bridgehead atoms. The number of nitrogens with one attached hydrogen (secondary N) is 3. The molecule has 0 atom stereocenters. The Balaban J connectivity index is 1.47. The maximum absolute atomic E-state index is 14.5. The molecule has 142 valence electrons. The van der Waals surface area contributed by atoms with Crippen molar-refractivity contribution in [3.63, 3.8) is 0 Å². The Hall–Kier alpha value is -3.55. The summed E-state index contributed by atoms with van der Waals surface area (Å²) in [6.07, 6.45) is 7.55. The van der Waals surface area contributed by atoms with Gasteiger partial charge in [0.1, 0.15) is 11.5 Å². The number of aryl methyl sites for hydroxylation is 1. The molecule has 0 saturated carbocycles. The van der Waals surface area contributed by atoms with Gasteiger partial charge in [0.25, 0.3) is 0 Å². The molecule has 4 aromatic heterocycles. The highest BCUT2D eigenvalue weighted by atomic mass is 19.1. The molecule has 0 aliphatic heterocycles. The van der Waals surface area contributed by atoms with Gasteiger partial charge in [-0.1, -0.05) is 6.07 Å². The first-order valence-electron chi connectivity index (χ1n) is 8.93. The van der Waals surface area contributed by atoms with Crippen molar-refractivity contribution < 1.29 is 4.39 Å². The van der Waals surface area contributed by atoms with Crippen LogP contribution in [0.15, 0.2) is 43.0 Å². The van der Waals surface area contributed by atoms with Crippen LogP contribution in [0, 0.1) is 12.9 Å². The number of H-pyrrole nitrogens is 1. The van der Waals surface area contributed by atoms with Crippen molar-refractivity contribution in [2.45, 2.75) is 19.9 Å². The lowest BCUT2D eigenvalue weighted by molar-refractivity contribution is 0.571. The van der Waals surface area contributed by atoms with E-state index in [0.29, 0.717) is 30.3 Å². The van der Waals surface area contributed by atoms with Crippen molar-refractivity contribution in [1.29, 1.82) is 0 Å². The lowest BCUT2D eigenvalue weighted by Crippen LogP contribution is -2.05. The zero-order valence-electron chi connectivity index (χ0n) is 15.6. The highest BCUT2D eigenvalue weighted by Crippen LogP contribution is 2.22. The number of anilines is 2. The second-order valence-corrected chi connectivity index (χ2v) is 6.56. The first-order chi connectivity index (χ1) is 13.6. The number of fused-ring (bicyclic) bond motifs is 1. The van der Waals surface area contributed by atoms with Gasteiger partial charge in [-0.15, -0.1) is 0 Å². The molecule has 4 rings (SSSR count). The Kier molecular flexibility index (Phi) is 4.84. The highest BCUT2D eigenvalue weighted by Gasteiger charge is 2.11. The molecular weight excluding hydrogens is 357 g/mol. The number of nitrogens with zero attached hydrogens (tertiary/aromatic N) is 4. The molecule has 0 fully saturated rings. The minimum absolute atomic E-state index is 0.448. The summed E-state index contributed by atoms with van der Waals surface area (Å²) >= 11 is 0. The lowest BCUT2D eigenvalue weighted by Gasteiger charge is -2.08. The standard InChI is InChI=1S/C20H20FN7/c1-12-5-16-15(11-25-19(16)24-7-12)6-14-3-4-17(28-18(14)21)23-8-13-9-26-20(22-2)27-10-13/h3-5,7,9-11H,6,8H2,1-2H3,(H,23,28)(H,24,25)(H,22,26,27). The summed E-state index contributed by atoms with van der Waals surface area (Å²) < 4.78 is 14.5. The minimum Gasteiger partial charge on any atom is -0.366 e. The largest absolute Gasteiger partial charge is 0.366 e. The van der Waals surface area contributed by atoms with E-state index < -0.39 is 5.95 Å². The van der Waals surface area contributed by atoms with Crippen molar-refractivity contribution in [2.75, 3.05) is 17.7 Å². The summed E-state index contributed by atoms with van der Waals surface area (Å²) in [5.41, 5.74) is 4.29. The zero-order valence-corrected chi connectivity index (χ0v) is 15.6. The van der Waals surface area contributed by atoms with Crippen LogP contribution in [-0.4, -0.2) is 32.0 Å². The molecule has 0 spiro atoms. The van der Waals surface area contributed by atoms with Crippen LogP contribution in [0.3, 0.4) is 0 Å². The minimum atomic E-state index is -0.484. The maximum atomic E-state index is 14.5. The van der Waals surface area contributed by atoms with Crippen molar-refractivity contribution >= 4 is 22.8 Å². The Bertz CT molecular complexity index is 1110. The van der Waals surface area contributed by atoms with E-state index in [9.17, 15) is 4.39 Å². The van der Waals surface area contributed by atoms with Crippen LogP contribution >= 0.6 is 0 Å². The number of hydrogen-bond donors (Lipinski definition) is 3. The van der Waals surface area contributed by atoms with Gasteiger partial charge in [0.15, 0.2) is 0 Å². The average molecular weight is 377 g/mol. The number of halogens is 1. The summed E-state index contributed by atoms with van der Waals surface area (Å²) in [5.74, 6) is 0.539. The number of aromatic amines is 1. The summed E-state index contributed by atoms with van der Waals surface area (Å²) in [6, 6.07) is 5.59. The van der Waals surface area contributed by atoms with Crippen LogP contribution in [0.4, 0.5) is 16.2 Å². The normalized spacial score (nSPS) is 11.0. The second kappa shape index (κ2) is 7.59. The predicted octanol–water partition coefficient (Wildman–Crippen LogP) is 3.44. The van der Waals surface area contributed by atoms with Gasteiger partial charge in [-0.2, -0.15) is 4.39 Å². The molecule has 0 amide bonds. The number of rotatable bonds is 6. The smallest absolute Gasteiger partial charge is 0.222 e. The van der Waals surface area contributed by atoms with E-state index in [-0.39, 0.29) is 0 Å². The fraction of sp³-hybridized carbons (Fsp3) is 0.200. The van der Waals surface area contributed by atoms with Gasteiger partial charge in [-0.25, -0.2) is 19.9 Å². The van der Waals surface area contributed by atoms with Crippen molar-refractivity contribution in [3.8, 4) is 0 Å². The number of hydrogen-bond acceptors (Lipinski definition) is 6. The third-order valence-electron chi connectivity index (χ3n) is 4.46. The summed E-state index contributed by atoms with van der Waals surface area (Å²) in [7, 11) is 1.76. The van der Waals surface area contributed by atoms with Gasteiger partial charge in [0.2, 0.25) is 11.9 Å². The SMILES string of the molecule is CNc1ncc(CNc2ccc(Cc3c[nH]c4ncc(C)cc34)c(F)n2)cn1. The van der Waals surface area contributed by atoms with E-state index in [1.54, 1.807) is 31.6 Å². The summed E-state index contributed by atoms with van der Waals surface area (Å²) in [4.78, 5) is 19.8. The monoisotopic (exact) mass is 377 g/mol. The van der Waals surface area contributed by atoms with E-state index in [4.69, 9.17) is 0 Å². The van der Waals surface area contributed by atoms with Crippen LogP contribution < -0.4 is 10.6 Å². The number of aromatic nitrogens is 5. The van der Waals surface area contributed by atoms with E-state index in [2.05, 4.69) is 41.6 Å². The Labute approximate surface area is 161 Å². The fourth-order valence-electron chi connectivity index (χ4n) is 2.97. The van der Waals surface area contributed by atoms with Gasteiger partial charge in [0, 0.05) is 61.3 Å². The molecule has 0 aliphatic carbocycles. The van der Waals surface area contributed by atoms with Crippen molar-refractivity contribution in [1.82, 2.24) is 24.9 Å². The van der Waals surface area contributed by atoms with E-state index in [1.165, 1.54) is 0 Å². The molecule has 0 saturated heterocycles. The quantitative estimate of drug-likeness (QED) is 0.446. The third-order valence-corrected chi connectivity index (χ3v) is 4.46. The van der Waals surface area contributed by atoms with Crippen molar-refractivity contribution in [3.05, 3.63) is 71.2 Å². The molecule has 7 nitrogen and oxygen atoms in total. The van der Waals surface area contributed by atoms with Gasteiger partial charge < -0.3 is 15.6 Å². The summed E-state index contributed by atoms with van der Waals surface area (Å²) in [5, 5.41) is 6.96. The second-order valence-electron chi connectivity index (χ2n) is 6.56. The Morgan fingerprint density at radius 1 is 1.07 bits per heavy atom. The third kappa shape index (κ3) is 3.75. The molecular formula is C20H20FN7. The maximum Gasteiger partial charge on any atom is 0.222 e. The topological polar surface area (TPSA) is 91.4 Å². The van der Waals surface area contributed by atoms with Gasteiger partial charge >= 0.3 is 0 Å². The van der Waals surface area contributed by atoms with Crippen LogP contribution in [-0.2, 0) is 13.0 Å². The Morgan fingerprint density at radius 2 is 1.89 bits per heavy atom. The molecule has 0 aromatic carbocycles. The van der Waals surface area contributed by atoms with Gasteiger partial charge in [-0.3, -0.25) is 0 Å². The lowest BCUT2D eigenvalue weighted by atomic mass is 10.1. The number of pyridine rings is 2. The first-order valence-corrected chi connectivity index (χ1v) is 8.93. The van der Waals surface area contributed by atoms with Crippen molar-refractivity contribution in [2.24, 2.45) is 0 Å². The molecule has 8 heteroatoms. The molecule has 3 N–H and O–H groups in total. The van der Waals surface area contributed by atoms with E-state index in [0.717, 1.165) is 27.7 Å². The molecule has 0 aliphatic rings. The van der Waals surface area contributed by atoms with Crippen LogP contribution in [0.5, 0.6) is 0 Å². The summed E-state index contributed by atoms with van der Waals surface area (Å²) in [6.45, 7) is 2.45. The molecule has 0 unspecified atom stereocenters. The predicted molar refractivity (Wildman–Crippen MR) is 107 cm³/mol. The zero-order chi connectivity index (χ0) is 19.5. The van der Waals surface area contributed by atoms with Crippen LogP contribution in [0.2, 0.25) is 0 Å². The van der Waals surface area contributed by atoms with Crippen LogP contribution in [0.25, 0.3) is 11.0 Å². The highest BCUT2D eigenvalue weighted by molar-refractivity contribution is 5.80. The van der Waals surface area contributed by atoms with E-state index >= 15 is 0 Å². The first kappa shape index (κ1) is 17.8. The molecule has 28 heavy (non-hydrogen) atoms. The Morgan fingerprint density at radius 3 is 2.64 bits per heavy atom. The van der Waals surface area contributed by atoms with Crippen LogP contribution in [0.1, 0.15) is 22.3 Å². The molecule has 4 aromatic rings. The molecule has 0 radical (unpaired) electrons. The van der Waals surface area contributed by atoms with E-state index in [1.807, 2.05) is 19.3 Å². The average Bonchev–Trinajstić information content (AvgIpc) is 3.10. The fourth-order valence-corrected chi connectivity index (χ4v) is 2.97. The van der Waals surface area contributed by atoms with Gasteiger partial charge in [-0.05, 0) is 30.2 Å². The van der Waals surface area contributed by atoms with Gasteiger partial charge in [0.05, 0.1) is 0 Å².